The minimum absolute atomic E-state index is 0.716. The monoisotopic (exact) mass is 245 g/mol. The molecule has 2 heterocycles. The fourth-order valence-corrected chi connectivity index (χ4v) is 2.84. The van der Waals surface area contributed by atoms with E-state index in [4.69, 9.17) is 0 Å². The predicted octanol–water partition coefficient (Wildman–Crippen LogP) is 2.11. The summed E-state index contributed by atoms with van der Waals surface area (Å²) in [5.74, 6) is 0. The zero-order chi connectivity index (χ0) is 12.4. The first kappa shape index (κ1) is 12.1. The number of piperidine rings is 1. The van der Waals surface area contributed by atoms with Crippen LogP contribution in [0.5, 0.6) is 0 Å². The van der Waals surface area contributed by atoms with Crippen LogP contribution in [0.1, 0.15) is 36.8 Å². The Morgan fingerprint density at radius 2 is 2.22 bits per heavy atom. The SMILES string of the molecule is Cc1cnccc1CN1CCCC(NC2CC2)C1. The molecule has 1 aromatic rings. The lowest BCUT2D eigenvalue weighted by molar-refractivity contribution is 0.182. The fourth-order valence-electron chi connectivity index (χ4n) is 2.84. The Kier molecular flexibility index (Phi) is 3.62. The smallest absolute Gasteiger partial charge is 0.0300 e. The molecule has 1 unspecified atom stereocenters. The number of pyridine rings is 1. The van der Waals surface area contributed by atoms with Gasteiger partial charge in [0.15, 0.2) is 0 Å². The van der Waals surface area contributed by atoms with Crippen molar-refractivity contribution in [1.29, 1.82) is 0 Å². The van der Waals surface area contributed by atoms with Gasteiger partial charge >= 0.3 is 0 Å². The van der Waals surface area contributed by atoms with Gasteiger partial charge in [0, 0.05) is 37.6 Å². The van der Waals surface area contributed by atoms with Gasteiger partial charge in [-0.3, -0.25) is 9.88 Å². The molecule has 98 valence electrons. The Bertz CT molecular complexity index is 400. The summed E-state index contributed by atoms with van der Waals surface area (Å²) in [6, 6.07) is 3.71. The topological polar surface area (TPSA) is 28.2 Å². The van der Waals surface area contributed by atoms with Gasteiger partial charge < -0.3 is 5.32 Å². The molecule has 0 bridgehead atoms. The number of nitrogens with zero attached hydrogens (tertiary/aromatic N) is 2. The van der Waals surface area contributed by atoms with E-state index in [1.165, 1.54) is 49.9 Å². The van der Waals surface area contributed by atoms with E-state index in [0.717, 1.165) is 12.6 Å². The molecule has 1 aliphatic heterocycles. The second-order valence-corrected chi connectivity index (χ2v) is 5.82. The van der Waals surface area contributed by atoms with Gasteiger partial charge in [-0.2, -0.15) is 0 Å². The summed E-state index contributed by atoms with van der Waals surface area (Å²) < 4.78 is 0. The Hall–Kier alpha value is -0.930. The zero-order valence-electron chi connectivity index (χ0n) is 11.2. The van der Waals surface area contributed by atoms with Gasteiger partial charge in [-0.05, 0) is 56.3 Å². The average Bonchev–Trinajstić information content (AvgIpc) is 3.17. The maximum atomic E-state index is 4.17. The highest BCUT2D eigenvalue weighted by Gasteiger charge is 2.27. The van der Waals surface area contributed by atoms with E-state index in [1.54, 1.807) is 0 Å². The fraction of sp³-hybridized carbons (Fsp3) is 0.667. The first-order valence-electron chi connectivity index (χ1n) is 7.19. The molecule has 2 aliphatic rings. The van der Waals surface area contributed by atoms with Gasteiger partial charge in [-0.1, -0.05) is 0 Å². The molecule has 3 nitrogen and oxygen atoms in total. The largest absolute Gasteiger partial charge is 0.310 e. The van der Waals surface area contributed by atoms with Crippen molar-refractivity contribution in [3.05, 3.63) is 29.6 Å². The summed E-state index contributed by atoms with van der Waals surface area (Å²) in [4.78, 5) is 6.76. The number of aromatic nitrogens is 1. The van der Waals surface area contributed by atoms with E-state index in [9.17, 15) is 0 Å². The molecule has 3 rings (SSSR count). The van der Waals surface area contributed by atoms with Crippen molar-refractivity contribution in [3.8, 4) is 0 Å². The molecular formula is C15H23N3. The van der Waals surface area contributed by atoms with Crippen molar-refractivity contribution in [2.45, 2.75) is 51.2 Å². The summed E-state index contributed by atoms with van der Waals surface area (Å²) in [6.07, 6.45) is 9.34. The summed E-state index contributed by atoms with van der Waals surface area (Å²) in [6.45, 7) is 5.69. The molecule has 0 amide bonds. The van der Waals surface area contributed by atoms with Crippen LogP contribution in [0.15, 0.2) is 18.5 Å². The minimum atomic E-state index is 0.716. The predicted molar refractivity (Wildman–Crippen MR) is 73.4 cm³/mol. The van der Waals surface area contributed by atoms with Gasteiger partial charge in [0.1, 0.15) is 0 Å². The maximum Gasteiger partial charge on any atom is 0.0300 e. The summed E-state index contributed by atoms with van der Waals surface area (Å²) in [5, 5.41) is 3.77. The van der Waals surface area contributed by atoms with Crippen molar-refractivity contribution in [2.24, 2.45) is 0 Å². The maximum absolute atomic E-state index is 4.17. The molecular weight excluding hydrogens is 222 g/mol. The molecule has 18 heavy (non-hydrogen) atoms. The average molecular weight is 245 g/mol. The summed E-state index contributed by atoms with van der Waals surface area (Å²) in [7, 11) is 0. The van der Waals surface area contributed by atoms with Crippen molar-refractivity contribution in [1.82, 2.24) is 15.2 Å². The van der Waals surface area contributed by atoms with Crippen LogP contribution in [0.2, 0.25) is 0 Å². The lowest BCUT2D eigenvalue weighted by Gasteiger charge is -2.33. The van der Waals surface area contributed by atoms with Gasteiger partial charge in [0.2, 0.25) is 0 Å². The van der Waals surface area contributed by atoms with Gasteiger partial charge in [0.05, 0.1) is 0 Å². The lowest BCUT2D eigenvalue weighted by Crippen LogP contribution is -2.46. The standard InChI is InChI=1S/C15H23N3/c1-12-9-16-7-6-13(12)10-18-8-2-3-15(11-18)17-14-4-5-14/h6-7,9,14-15,17H,2-5,8,10-11H2,1H3. The highest BCUT2D eigenvalue weighted by Crippen LogP contribution is 2.22. The number of aryl methyl sites for hydroxylation is 1. The third-order valence-electron chi connectivity index (χ3n) is 4.08. The highest BCUT2D eigenvalue weighted by atomic mass is 15.2. The molecule has 2 fully saturated rings. The Morgan fingerprint density at radius 1 is 1.33 bits per heavy atom. The first-order chi connectivity index (χ1) is 8.81. The van der Waals surface area contributed by atoms with Gasteiger partial charge in [-0.15, -0.1) is 0 Å². The van der Waals surface area contributed by atoms with Crippen molar-refractivity contribution >= 4 is 0 Å². The van der Waals surface area contributed by atoms with Crippen LogP contribution in [0.3, 0.4) is 0 Å². The molecule has 0 radical (unpaired) electrons. The summed E-state index contributed by atoms with van der Waals surface area (Å²) >= 11 is 0. The number of nitrogens with one attached hydrogen (secondary N) is 1. The minimum Gasteiger partial charge on any atom is -0.310 e. The molecule has 3 heteroatoms. The van der Waals surface area contributed by atoms with Crippen LogP contribution in [0, 0.1) is 6.92 Å². The quantitative estimate of drug-likeness (QED) is 0.880. The van der Waals surface area contributed by atoms with Crippen molar-refractivity contribution < 1.29 is 0 Å². The highest BCUT2D eigenvalue weighted by molar-refractivity contribution is 5.21. The second kappa shape index (κ2) is 5.37. The number of hydrogen-bond donors (Lipinski definition) is 1. The van der Waals surface area contributed by atoms with Crippen LogP contribution in [-0.4, -0.2) is 35.1 Å². The molecule has 1 N–H and O–H groups in total. The van der Waals surface area contributed by atoms with E-state index < -0.39 is 0 Å². The van der Waals surface area contributed by atoms with Crippen molar-refractivity contribution in [3.63, 3.8) is 0 Å². The normalized spacial score (nSPS) is 25.3. The van der Waals surface area contributed by atoms with Crippen molar-refractivity contribution in [2.75, 3.05) is 13.1 Å². The Morgan fingerprint density at radius 3 is 3.00 bits per heavy atom. The molecule has 1 aliphatic carbocycles. The third-order valence-corrected chi connectivity index (χ3v) is 4.08. The Balaban J connectivity index is 1.57. The number of rotatable bonds is 4. The van der Waals surface area contributed by atoms with Gasteiger partial charge in [0.25, 0.3) is 0 Å². The van der Waals surface area contributed by atoms with Crippen LogP contribution in [0.4, 0.5) is 0 Å². The summed E-state index contributed by atoms with van der Waals surface area (Å²) in [5.41, 5.74) is 2.74. The van der Waals surface area contributed by atoms with Crippen LogP contribution < -0.4 is 5.32 Å². The zero-order valence-corrected chi connectivity index (χ0v) is 11.2. The molecule has 0 aromatic carbocycles. The van der Waals surface area contributed by atoms with E-state index in [1.807, 2.05) is 12.4 Å². The molecule has 1 atom stereocenters. The number of hydrogen-bond acceptors (Lipinski definition) is 3. The Labute approximate surface area is 110 Å². The van der Waals surface area contributed by atoms with Crippen LogP contribution in [0.25, 0.3) is 0 Å². The number of likely N-dealkylation sites (tertiary alicyclic amines) is 1. The molecule has 1 saturated carbocycles. The second-order valence-electron chi connectivity index (χ2n) is 5.82. The third kappa shape index (κ3) is 3.09. The van der Waals surface area contributed by atoms with Crippen LogP contribution >= 0.6 is 0 Å². The molecule has 1 aromatic heterocycles. The lowest BCUT2D eigenvalue weighted by atomic mass is 10.0. The first-order valence-corrected chi connectivity index (χ1v) is 7.19. The van der Waals surface area contributed by atoms with Gasteiger partial charge in [-0.25, -0.2) is 0 Å². The van der Waals surface area contributed by atoms with E-state index in [0.29, 0.717) is 6.04 Å². The molecule has 1 saturated heterocycles. The molecule has 0 spiro atoms. The van der Waals surface area contributed by atoms with E-state index >= 15 is 0 Å². The van der Waals surface area contributed by atoms with Crippen LogP contribution in [-0.2, 0) is 6.54 Å². The van der Waals surface area contributed by atoms with E-state index in [-0.39, 0.29) is 0 Å². The van der Waals surface area contributed by atoms with E-state index in [2.05, 4.69) is 28.2 Å².